The van der Waals surface area contributed by atoms with E-state index in [4.69, 9.17) is 9.11 Å². The molecular formula is C8H10NO7S2. The van der Waals surface area contributed by atoms with Crippen LogP contribution in [-0.4, -0.2) is 40.1 Å². The smallest absolute Gasteiger partial charge is 0.298 e. The normalized spacial score (nSPS) is 12.2. The first kappa shape index (κ1) is 14.7. The Morgan fingerprint density at radius 2 is 1.44 bits per heavy atom. The lowest BCUT2D eigenvalue weighted by Gasteiger charge is -2.11. The van der Waals surface area contributed by atoms with E-state index in [0.717, 1.165) is 19.2 Å². The molecule has 0 fully saturated rings. The molecule has 101 valence electrons. The highest BCUT2D eigenvalue weighted by atomic mass is 32.2. The van der Waals surface area contributed by atoms with Crippen molar-refractivity contribution in [3.05, 3.63) is 12.1 Å². The van der Waals surface area contributed by atoms with Gasteiger partial charge in [0.1, 0.15) is 9.79 Å². The van der Waals surface area contributed by atoms with Gasteiger partial charge in [-0.1, -0.05) is 0 Å². The van der Waals surface area contributed by atoms with Gasteiger partial charge in [-0.3, -0.25) is 14.4 Å². The van der Waals surface area contributed by atoms with E-state index in [2.05, 4.69) is 10.1 Å². The molecular weight excluding hydrogens is 286 g/mol. The molecule has 0 bridgehead atoms. The Morgan fingerprint density at radius 3 is 1.67 bits per heavy atom. The maximum atomic E-state index is 11.1. The van der Waals surface area contributed by atoms with Crippen LogP contribution in [0.25, 0.3) is 0 Å². The van der Waals surface area contributed by atoms with Crippen molar-refractivity contribution in [3.63, 3.8) is 0 Å². The Labute approximate surface area is 104 Å². The quantitative estimate of drug-likeness (QED) is 0.750. The van der Waals surface area contributed by atoms with E-state index in [9.17, 15) is 16.8 Å². The van der Waals surface area contributed by atoms with Gasteiger partial charge in [-0.2, -0.15) is 16.8 Å². The lowest BCUT2D eigenvalue weighted by Crippen LogP contribution is -2.08. The van der Waals surface area contributed by atoms with E-state index in [1.54, 1.807) is 0 Å². The van der Waals surface area contributed by atoms with Crippen LogP contribution in [-0.2, 0) is 20.2 Å². The Morgan fingerprint density at radius 1 is 1.06 bits per heavy atom. The zero-order valence-corrected chi connectivity index (χ0v) is 11.0. The zero-order valence-electron chi connectivity index (χ0n) is 9.35. The number of hydrogen-bond acceptors (Lipinski definition) is 5. The van der Waals surface area contributed by atoms with Gasteiger partial charge in [0.15, 0.2) is 5.75 Å². The second kappa shape index (κ2) is 4.72. The van der Waals surface area contributed by atoms with Crippen LogP contribution >= 0.6 is 0 Å². The molecule has 2 N–H and O–H groups in total. The van der Waals surface area contributed by atoms with Crippen molar-refractivity contribution in [1.29, 1.82) is 0 Å². The first-order valence-corrected chi connectivity index (χ1v) is 7.26. The third kappa shape index (κ3) is 2.90. The highest BCUT2D eigenvalue weighted by Crippen LogP contribution is 2.34. The predicted molar refractivity (Wildman–Crippen MR) is 60.3 cm³/mol. The minimum atomic E-state index is -4.72. The molecule has 1 rings (SSSR count). The summed E-state index contributed by atoms with van der Waals surface area (Å²) >= 11 is 0. The van der Waals surface area contributed by atoms with E-state index in [-0.39, 0.29) is 5.69 Å². The molecule has 1 aromatic carbocycles. The van der Waals surface area contributed by atoms with Crippen molar-refractivity contribution in [2.24, 2.45) is 0 Å². The summed E-state index contributed by atoms with van der Waals surface area (Å²) in [6, 6.07) is 1.84. The second-order valence-electron chi connectivity index (χ2n) is 3.15. The molecule has 0 unspecified atom stereocenters. The summed E-state index contributed by atoms with van der Waals surface area (Å²) in [5.74, 6) is -0.674. The van der Waals surface area contributed by atoms with Crippen LogP contribution in [0.1, 0.15) is 0 Å². The first-order valence-electron chi connectivity index (χ1n) is 4.38. The Kier molecular flexibility index (Phi) is 3.86. The summed E-state index contributed by atoms with van der Waals surface area (Å²) in [5, 5.41) is 3.59. The number of ether oxygens (including phenoxy) is 1. The zero-order chi connectivity index (χ0) is 14.1. The monoisotopic (exact) mass is 296 g/mol. The fourth-order valence-corrected chi connectivity index (χ4v) is 2.74. The van der Waals surface area contributed by atoms with Gasteiger partial charge < -0.3 is 4.74 Å². The fourth-order valence-electron chi connectivity index (χ4n) is 1.28. The summed E-state index contributed by atoms with van der Waals surface area (Å²) in [4.78, 5) is -1.58. The topological polar surface area (TPSA) is 132 Å². The van der Waals surface area contributed by atoms with E-state index < -0.39 is 35.8 Å². The molecule has 0 aliphatic heterocycles. The second-order valence-corrected chi connectivity index (χ2v) is 5.93. The van der Waals surface area contributed by atoms with Crippen LogP contribution in [0.2, 0.25) is 0 Å². The lowest BCUT2D eigenvalue weighted by molar-refractivity contribution is 0.381. The Bertz CT molecular complexity index is 610. The molecule has 0 saturated carbocycles. The highest BCUT2D eigenvalue weighted by molar-refractivity contribution is 7.86. The van der Waals surface area contributed by atoms with Gasteiger partial charge >= 0.3 is 0 Å². The van der Waals surface area contributed by atoms with Gasteiger partial charge in [0.05, 0.1) is 12.8 Å². The molecule has 10 heteroatoms. The van der Waals surface area contributed by atoms with Crippen molar-refractivity contribution in [2.75, 3.05) is 14.2 Å². The summed E-state index contributed by atoms with van der Waals surface area (Å²) < 4.78 is 67.0. The molecule has 0 amide bonds. The summed E-state index contributed by atoms with van der Waals surface area (Å²) in [5.41, 5.74) is -0.0592. The Hall–Kier alpha value is -1.36. The van der Waals surface area contributed by atoms with Gasteiger partial charge in [0.25, 0.3) is 20.2 Å². The van der Waals surface area contributed by atoms with E-state index in [0.29, 0.717) is 0 Å². The average Bonchev–Trinajstić information content (AvgIpc) is 2.24. The number of methoxy groups -OCH3 is 1. The molecule has 0 aliphatic carbocycles. The maximum absolute atomic E-state index is 11.1. The predicted octanol–water partition coefficient (Wildman–Crippen LogP) is 0.0543. The minimum absolute atomic E-state index is 0.0592. The molecule has 0 aliphatic rings. The number of rotatable bonds is 4. The molecule has 0 aromatic heterocycles. The van der Waals surface area contributed by atoms with Gasteiger partial charge in [-0.25, -0.2) is 0 Å². The molecule has 1 aromatic rings. The summed E-state index contributed by atoms with van der Waals surface area (Å²) in [7, 11) is -7.16. The molecule has 0 spiro atoms. The van der Waals surface area contributed by atoms with E-state index in [1.165, 1.54) is 7.05 Å². The third-order valence-electron chi connectivity index (χ3n) is 2.02. The largest absolute Gasteiger partial charge is 0.494 e. The fraction of sp³-hybridized carbons (Fsp3) is 0.250. The highest BCUT2D eigenvalue weighted by Gasteiger charge is 2.27. The van der Waals surface area contributed by atoms with Crippen molar-refractivity contribution >= 4 is 25.9 Å². The van der Waals surface area contributed by atoms with Crippen LogP contribution in [0.3, 0.4) is 0 Å². The van der Waals surface area contributed by atoms with Crippen LogP contribution in [0.4, 0.5) is 5.69 Å². The number of hydrogen-bond donors (Lipinski definition) is 2. The summed E-state index contributed by atoms with van der Waals surface area (Å²) in [6.45, 7) is 0. The van der Waals surface area contributed by atoms with Crippen LogP contribution < -0.4 is 10.1 Å². The van der Waals surface area contributed by atoms with Gasteiger partial charge in [-0.05, 0) is 12.1 Å². The Balaban J connectivity index is 3.84. The van der Waals surface area contributed by atoms with Crippen LogP contribution in [0.15, 0.2) is 21.9 Å². The number of benzene rings is 1. The summed E-state index contributed by atoms with van der Waals surface area (Å²) in [6.07, 6.45) is 0. The third-order valence-corrected chi connectivity index (χ3v) is 3.74. The molecule has 18 heavy (non-hydrogen) atoms. The van der Waals surface area contributed by atoms with E-state index in [1.807, 2.05) is 0 Å². The van der Waals surface area contributed by atoms with Gasteiger partial charge in [0.2, 0.25) is 0 Å². The standard InChI is InChI=1S/C8H10NO7S2/c1-9-5-3-6(17(10,11)12)8(16-2)7(4-5)18(13,14)15/h3-4H,1-2H3,(H,10,11,12)(H,13,14,15). The molecule has 0 atom stereocenters. The van der Waals surface area contributed by atoms with Crippen molar-refractivity contribution in [2.45, 2.75) is 9.79 Å². The van der Waals surface area contributed by atoms with Crippen molar-refractivity contribution in [3.8, 4) is 5.75 Å². The molecule has 8 nitrogen and oxygen atoms in total. The molecule has 0 heterocycles. The maximum Gasteiger partial charge on any atom is 0.298 e. The van der Waals surface area contributed by atoms with Gasteiger partial charge in [-0.15, -0.1) is 0 Å². The number of nitrogens with zero attached hydrogens (tertiary/aromatic N) is 1. The van der Waals surface area contributed by atoms with Gasteiger partial charge in [0, 0.05) is 7.05 Å². The first-order chi connectivity index (χ1) is 8.11. The van der Waals surface area contributed by atoms with Crippen molar-refractivity contribution < 1.29 is 30.7 Å². The average molecular weight is 296 g/mol. The minimum Gasteiger partial charge on any atom is -0.494 e. The molecule has 0 saturated heterocycles. The van der Waals surface area contributed by atoms with E-state index >= 15 is 0 Å². The van der Waals surface area contributed by atoms with Crippen LogP contribution in [0.5, 0.6) is 5.75 Å². The lowest BCUT2D eigenvalue weighted by atomic mass is 10.3. The SMILES string of the molecule is C[N]c1cc(S(=O)(=O)O)c(OC)c(S(=O)(=O)O)c1. The van der Waals surface area contributed by atoms with Crippen LogP contribution in [0, 0.1) is 0 Å². The molecule has 1 radical (unpaired) electrons. The van der Waals surface area contributed by atoms with Crippen molar-refractivity contribution in [1.82, 2.24) is 5.32 Å².